The largest absolute Gasteiger partial charge is 0.350 e. The summed E-state index contributed by atoms with van der Waals surface area (Å²) in [6.45, 7) is 5.10. The molecule has 1 aromatic heterocycles. The molecule has 0 radical (unpaired) electrons. The first kappa shape index (κ1) is 14.0. The van der Waals surface area contributed by atoms with Gasteiger partial charge in [-0.25, -0.2) is 0 Å². The number of carbonyl (C=O) groups is 1. The first-order valence-corrected chi connectivity index (χ1v) is 7.65. The molecule has 0 spiro atoms. The molecule has 1 amide bonds. The van der Waals surface area contributed by atoms with Gasteiger partial charge in [-0.3, -0.25) is 14.7 Å². The van der Waals surface area contributed by atoms with Gasteiger partial charge in [-0.15, -0.1) is 0 Å². The maximum Gasteiger partial charge on any atom is 0.252 e. The van der Waals surface area contributed by atoms with Crippen LogP contribution in [0, 0.1) is 0 Å². The van der Waals surface area contributed by atoms with Crippen molar-refractivity contribution in [2.45, 2.75) is 25.8 Å². The van der Waals surface area contributed by atoms with Gasteiger partial charge in [0.2, 0.25) is 0 Å². The molecule has 1 fully saturated rings. The Bertz CT molecular complexity index is 635. The third-order valence-corrected chi connectivity index (χ3v) is 4.29. The third kappa shape index (κ3) is 2.90. The number of benzene rings is 1. The Hall–Kier alpha value is -1.94. The molecular formula is C17H21N3O. The van der Waals surface area contributed by atoms with Crippen molar-refractivity contribution in [3.05, 3.63) is 42.1 Å². The van der Waals surface area contributed by atoms with Crippen LogP contribution >= 0.6 is 0 Å². The van der Waals surface area contributed by atoms with Crippen LogP contribution in [0.25, 0.3) is 10.9 Å². The molecule has 1 aliphatic rings. The predicted molar refractivity (Wildman–Crippen MR) is 84.3 cm³/mol. The Morgan fingerprint density at radius 3 is 3.14 bits per heavy atom. The van der Waals surface area contributed by atoms with E-state index in [1.54, 1.807) is 6.20 Å². The van der Waals surface area contributed by atoms with Crippen LogP contribution in [0.5, 0.6) is 0 Å². The summed E-state index contributed by atoms with van der Waals surface area (Å²) in [6, 6.07) is 9.98. The molecule has 0 unspecified atom stereocenters. The van der Waals surface area contributed by atoms with Crippen LogP contribution < -0.4 is 5.32 Å². The van der Waals surface area contributed by atoms with E-state index in [-0.39, 0.29) is 5.91 Å². The van der Waals surface area contributed by atoms with Crippen molar-refractivity contribution >= 4 is 16.8 Å². The molecule has 1 atom stereocenters. The molecule has 3 rings (SSSR count). The average Bonchev–Trinajstić information content (AvgIpc) is 2.99. The Balaban J connectivity index is 1.72. The number of hydrogen-bond acceptors (Lipinski definition) is 3. The number of carbonyl (C=O) groups excluding carboxylic acids is 1. The second kappa shape index (κ2) is 6.22. The van der Waals surface area contributed by atoms with Crippen molar-refractivity contribution in [1.82, 2.24) is 15.2 Å². The van der Waals surface area contributed by atoms with E-state index in [4.69, 9.17) is 0 Å². The van der Waals surface area contributed by atoms with Crippen molar-refractivity contribution in [1.29, 1.82) is 0 Å². The van der Waals surface area contributed by atoms with Crippen molar-refractivity contribution in [2.75, 3.05) is 19.6 Å². The van der Waals surface area contributed by atoms with E-state index in [1.807, 2.05) is 30.3 Å². The molecule has 0 saturated carbocycles. The zero-order valence-electron chi connectivity index (χ0n) is 12.4. The smallest absolute Gasteiger partial charge is 0.252 e. The van der Waals surface area contributed by atoms with Crippen molar-refractivity contribution < 1.29 is 4.79 Å². The van der Waals surface area contributed by atoms with E-state index in [0.717, 1.165) is 30.5 Å². The average molecular weight is 283 g/mol. The number of amides is 1. The molecule has 2 heterocycles. The second-order valence-electron chi connectivity index (χ2n) is 5.51. The molecule has 110 valence electrons. The molecule has 21 heavy (non-hydrogen) atoms. The van der Waals surface area contributed by atoms with Gasteiger partial charge >= 0.3 is 0 Å². The maximum absolute atomic E-state index is 12.5. The highest BCUT2D eigenvalue weighted by molar-refractivity contribution is 6.06. The molecule has 2 aromatic rings. The molecule has 1 aliphatic heterocycles. The van der Waals surface area contributed by atoms with Crippen LogP contribution in [0.2, 0.25) is 0 Å². The van der Waals surface area contributed by atoms with Gasteiger partial charge in [-0.2, -0.15) is 0 Å². The Labute approximate surface area is 125 Å². The fraction of sp³-hybridized carbons (Fsp3) is 0.412. The lowest BCUT2D eigenvalue weighted by Gasteiger charge is -2.23. The zero-order valence-corrected chi connectivity index (χ0v) is 12.4. The lowest BCUT2D eigenvalue weighted by atomic mass is 10.1. The lowest BCUT2D eigenvalue weighted by Crippen LogP contribution is -2.40. The number of hydrogen-bond donors (Lipinski definition) is 1. The Morgan fingerprint density at radius 1 is 1.38 bits per heavy atom. The molecule has 1 saturated heterocycles. The van der Waals surface area contributed by atoms with E-state index < -0.39 is 0 Å². The molecule has 1 aromatic carbocycles. The van der Waals surface area contributed by atoms with Crippen molar-refractivity contribution in [2.24, 2.45) is 0 Å². The van der Waals surface area contributed by atoms with Gasteiger partial charge < -0.3 is 5.32 Å². The molecule has 1 N–H and O–H groups in total. The molecule has 4 heteroatoms. The van der Waals surface area contributed by atoms with E-state index >= 15 is 0 Å². The first-order chi connectivity index (χ1) is 10.3. The van der Waals surface area contributed by atoms with E-state index in [0.29, 0.717) is 11.6 Å². The fourth-order valence-corrected chi connectivity index (χ4v) is 3.15. The zero-order chi connectivity index (χ0) is 14.7. The van der Waals surface area contributed by atoms with E-state index in [9.17, 15) is 4.79 Å². The molecular weight excluding hydrogens is 262 g/mol. The number of fused-ring (bicyclic) bond motifs is 1. The number of pyridine rings is 1. The highest BCUT2D eigenvalue weighted by Gasteiger charge is 2.23. The highest BCUT2D eigenvalue weighted by Crippen LogP contribution is 2.18. The summed E-state index contributed by atoms with van der Waals surface area (Å²) in [5, 5.41) is 4.00. The Morgan fingerprint density at radius 2 is 2.29 bits per heavy atom. The van der Waals surface area contributed by atoms with Gasteiger partial charge in [0, 0.05) is 29.7 Å². The van der Waals surface area contributed by atoms with Crippen LogP contribution in [0.3, 0.4) is 0 Å². The monoisotopic (exact) mass is 283 g/mol. The van der Waals surface area contributed by atoms with Gasteiger partial charge in [0.25, 0.3) is 5.91 Å². The predicted octanol–water partition coefficient (Wildman–Crippen LogP) is 2.45. The number of likely N-dealkylation sites (tertiary alicyclic amines) is 1. The summed E-state index contributed by atoms with van der Waals surface area (Å²) < 4.78 is 0. The summed E-state index contributed by atoms with van der Waals surface area (Å²) >= 11 is 0. The van der Waals surface area contributed by atoms with Crippen LogP contribution in [0.4, 0.5) is 0 Å². The minimum atomic E-state index is -0.00319. The Kier molecular flexibility index (Phi) is 4.15. The van der Waals surface area contributed by atoms with Crippen molar-refractivity contribution in [3.63, 3.8) is 0 Å². The summed E-state index contributed by atoms with van der Waals surface area (Å²) in [6.07, 6.45) is 4.15. The summed E-state index contributed by atoms with van der Waals surface area (Å²) in [4.78, 5) is 19.2. The number of likely N-dealkylation sites (N-methyl/N-ethyl adjacent to an activating group) is 1. The summed E-state index contributed by atoms with van der Waals surface area (Å²) in [7, 11) is 0. The first-order valence-electron chi connectivity index (χ1n) is 7.65. The van der Waals surface area contributed by atoms with Gasteiger partial charge in [0.05, 0.1) is 5.52 Å². The highest BCUT2D eigenvalue weighted by atomic mass is 16.1. The molecule has 0 aliphatic carbocycles. The number of nitrogens with zero attached hydrogens (tertiary/aromatic N) is 2. The van der Waals surface area contributed by atoms with Gasteiger partial charge in [-0.05, 0) is 44.1 Å². The minimum Gasteiger partial charge on any atom is -0.350 e. The van der Waals surface area contributed by atoms with Crippen molar-refractivity contribution in [3.8, 4) is 0 Å². The SMILES string of the molecule is CCN1CCC[C@@H]1CNC(=O)c1cccc2ncccc12. The van der Waals surface area contributed by atoms with Gasteiger partial charge in [-0.1, -0.05) is 19.1 Å². The topological polar surface area (TPSA) is 45.2 Å². The van der Waals surface area contributed by atoms with Crippen LogP contribution in [-0.4, -0.2) is 41.5 Å². The van der Waals surface area contributed by atoms with Crippen LogP contribution in [0.1, 0.15) is 30.1 Å². The number of aromatic nitrogens is 1. The fourth-order valence-electron chi connectivity index (χ4n) is 3.15. The number of rotatable bonds is 4. The van der Waals surface area contributed by atoms with Gasteiger partial charge in [0.15, 0.2) is 0 Å². The summed E-state index contributed by atoms with van der Waals surface area (Å²) in [5.74, 6) is -0.00319. The van der Waals surface area contributed by atoms with E-state index in [1.165, 1.54) is 12.8 Å². The van der Waals surface area contributed by atoms with Crippen LogP contribution in [0.15, 0.2) is 36.5 Å². The second-order valence-corrected chi connectivity index (χ2v) is 5.51. The normalized spacial score (nSPS) is 19.0. The molecule has 0 bridgehead atoms. The molecule has 4 nitrogen and oxygen atoms in total. The van der Waals surface area contributed by atoms with E-state index in [2.05, 4.69) is 22.1 Å². The third-order valence-electron chi connectivity index (χ3n) is 4.29. The lowest BCUT2D eigenvalue weighted by molar-refractivity contribution is 0.0943. The summed E-state index contributed by atoms with van der Waals surface area (Å²) in [5.41, 5.74) is 1.57. The number of nitrogens with one attached hydrogen (secondary N) is 1. The van der Waals surface area contributed by atoms with Gasteiger partial charge in [0.1, 0.15) is 0 Å². The quantitative estimate of drug-likeness (QED) is 0.937. The van der Waals surface area contributed by atoms with Crippen LogP contribution in [-0.2, 0) is 0 Å². The minimum absolute atomic E-state index is 0.00319. The maximum atomic E-state index is 12.5. The standard InChI is InChI=1S/C17H21N3O/c1-2-20-11-5-6-13(20)12-19-17(21)15-7-3-9-16-14(15)8-4-10-18-16/h3-4,7-10,13H,2,5-6,11-12H2,1H3,(H,19,21)/t13-/m1/s1.